The van der Waals surface area contributed by atoms with Crippen LogP contribution in [-0.4, -0.2) is 36.8 Å². The fraction of sp³-hybridized carbons (Fsp3) is 0.409. The van der Waals surface area contributed by atoms with E-state index in [2.05, 4.69) is 15.6 Å². The number of nitrogens with zero attached hydrogens (tertiary/aromatic N) is 2. The fourth-order valence-corrected chi connectivity index (χ4v) is 3.34. The van der Waals surface area contributed by atoms with E-state index in [1.54, 1.807) is 24.3 Å². The molecule has 0 spiro atoms. The van der Waals surface area contributed by atoms with Crippen LogP contribution >= 0.6 is 24.0 Å². The van der Waals surface area contributed by atoms with Gasteiger partial charge in [0.15, 0.2) is 5.96 Å². The van der Waals surface area contributed by atoms with E-state index in [0.29, 0.717) is 62.8 Å². The van der Waals surface area contributed by atoms with Crippen LogP contribution in [0.25, 0.3) is 0 Å². The number of anilines is 1. The lowest BCUT2D eigenvalue weighted by Gasteiger charge is -2.31. The van der Waals surface area contributed by atoms with Crippen molar-refractivity contribution in [3.05, 3.63) is 65.2 Å². The smallest absolute Gasteiger partial charge is 0.191 e. The first-order valence-corrected chi connectivity index (χ1v) is 10.0. The van der Waals surface area contributed by atoms with Gasteiger partial charge in [-0.2, -0.15) is 0 Å². The summed E-state index contributed by atoms with van der Waals surface area (Å²) in [6, 6.07) is 11.7. The van der Waals surface area contributed by atoms with Gasteiger partial charge in [-0.05, 0) is 43.5 Å². The SMILES string of the molecule is CCNC(=NCc1ccc(N2CCC(O)CC2)c(F)c1)NCc1ccccc1F.I. The standard InChI is InChI=1S/C22H28F2N4O.HI/c1-2-25-22(27-15-17-5-3-4-6-19(17)23)26-14-16-7-8-21(20(24)13-16)28-11-9-18(29)10-12-28;/h3-8,13,18,29H,2,9-12,14-15H2,1H3,(H2,25,26,27);1H. The maximum absolute atomic E-state index is 14.6. The number of piperidine rings is 1. The summed E-state index contributed by atoms with van der Waals surface area (Å²) in [6.07, 6.45) is 1.03. The molecule has 3 rings (SSSR count). The van der Waals surface area contributed by atoms with Crippen LogP contribution in [-0.2, 0) is 13.1 Å². The van der Waals surface area contributed by atoms with E-state index < -0.39 is 0 Å². The van der Waals surface area contributed by atoms with Crippen molar-refractivity contribution in [1.82, 2.24) is 10.6 Å². The average Bonchev–Trinajstić information content (AvgIpc) is 2.72. The summed E-state index contributed by atoms with van der Waals surface area (Å²) in [6.45, 7) is 4.54. The molecule has 0 aliphatic carbocycles. The van der Waals surface area contributed by atoms with Crippen LogP contribution in [0.15, 0.2) is 47.5 Å². The summed E-state index contributed by atoms with van der Waals surface area (Å²) in [7, 11) is 0. The molecule has 2 aromatic carbocycles. The quantitative estimate of drug-likeness (QED) is 0.302. The van der Waals surface area contributed by atoms with Crippen LogP contribution in [0.2, 0.25) is 0 Å². The number of benzene rings is 2. The Hall–Kier alpha value is -1.94. The molecule has 1 saturated heterocycles. The molecule has 0 radical (unpaired) electrons. The molecule has 0 bridgehead atoms. The number of rotatable bonds is 6. The van der Waals surface area contributed by atoms with Crippen molar-refractivity contribution in [2.75, 3.05) is 24.5 Å². The fourth-order valence-electron chi connectivity index (χ4n) is 3.34. The maximum Gasteiger partial charge on any atom is 0.191 e. The number of guanidine groups is 1. The molecule has 1 aliphatic rings. The minimum Gasteiger partial charge on any atom is -0.393 e. The van der Waals surface area contributed by atoms with Gasteiger partial charge >= 0.3 is 0 Å². The Morgan fingerprint density at radius 3 is 2.50 bits per heavy atom. The van der Waals surface area contributed by atoms with Gasteiger partial charge in [0, 0.05) is 31.7 Å². The van der Waals surface area contributed by atoms with E-state index in [-0.39, 0.29) is 41.7 Å². The van der Waals surface area contributed by atoms with E-state index in [1.165, 1.54) is 12.1 Å². The number of halogens is 3. The predicted molar refractivity (Wildman–Crippen MR) is 127 cm³/mol. The van der Waals surface area contributed by atoms with E-state index in [0.717, 1.165) is 5.56 Å². The van der Waals surface area contributed by atoms with Crippen LogP contribution in [0, 0.1) is 11.6 Å². The molecule has 3 N–H and O–H groups in total. The molecule has 30 heavy (non-hydrogen) atoms. The lowest BCUT2D eigenvalue weighted by atomic mass is 10.1. The van der Waals surface area contributed by atoms with Gasteiger partial charge in [-0.1, -0.05) is 24.3 Å². The van der Waals surface area contributed by atoms with Crippen LogP contribution in [0.1, 0.15) is 30.9 Å². The highest BCUT2D eigenvalue weighted by molar-refractivity contribution is 14.0. The van der Waals surface area contributed by atoms with Crippen LogP contribution in [0.5, 0.6) is 0 Å². The third-order valence-corrected chi connectivity index (χ3v) is 4.99. The second kappa shape index (κ2) is 12.0. The molecule has 2 aromatic rings. The number of nitrogens with one attached hydrogen (secondary N) is 2. The first-order valence-electron chi connectivity index (χ1n) is 10.0. The highest BCUT2D eigenvalue weighted by Crippen LogP contribution is 2.24. The number of aliphatic hydroxyl groups is 1. The third kappa shape index (κ3) is 6.80. The summed E-state index contributed by atoms with van der Waals surface area (Å²) in [5.41, 5.74) is 1.88. The molecular formula is C22H29F2IN4O. The van der Waals surface area contributed by atoms with E-state index in [9.17, 15) is 13.9 Å². The Morgan fingerprint density at radius 1 is 1.10 bits per heavy atom. The van der Waals surface area contributed by atoms with Crippen LogP contribution in [0.3, 0.4) is 0 Å². The zero-order valence-corrected chi connectivity index (χ0v) is 19.4. The van der Waals surface area contributed by atoms with Gasteiger partial charge in [0.1, 0.15) is 11.6 Å². The number of aliphatic hydroxyl groups excluding tert-OH is 1. The Bertz CT molecular complexity index is 842. The highest BCUT2D eigenvalue weighted by atomic mass is 127. The molecule has 0 atom stereocenters. The molecule has 164 valence electrons. The molecule has 0 amide bonds. The predicted octanol–water partition coefficient (Wildman–Crippen LogP) is 3.80. The zero-order chi connectivity index (χ0) is 20.6. The Kier molecular flexibility index (Phi) is 9.77. The lowest BCUT2D eigenvalue weighted by Crippen LogP contribution is -2.37. The van der Waals surface area contributed by atoms with Crippen LogP contribution < -0.4 is 15.5 Å². The minimum absolute atomic E-state index is 0. The maximum atomic E-state index is 14.6. The van der Waals surface area contributed by atoms with Gasteiger partial charge in [0.2, 0.25) is 0 Å². The van der Waals surface area contributed by atoms with Crippen molar-refractivity contribution >= 4 is 35.6 Å². The lowest BCUT2D eigenvalue weighted by molar-refractivity contribution is 0.145. The molecule has 0 aromatic heterocycles. The normalized spacial score (nSPS) is 14.9. The van der Waals surface area contributed by atoms with Crippen molar-refractivity contribution in [3.8, 4) is 0 Å². The Morgan fingerprint density at radius 2 is 1.83 bits per heavy atom. The Labute approximate surface area is 193 Å². The van der Waals surface area contributed by atoms with Gasteiger partial charge < -0.3 is 20.6 Å². The molecular weight excluding hydrogens is 501 g/mol. The summed E-state index contributed by atoms with van der Waals surface area (Å²) in [5, 5.41) is 15.8. The van der Waals surface area contributed by atoms with Gasteiger partial charge in [-0.3, -0.25) is 0 Å². The molecule has 1 fully saturated rings. The summed E-state index contributed by atoms with van der Waals surface area (Å²) in [5.74, 6) is 0.00222. The van der Waals surface area contributed by atoms with Crippen molar-refractivity contribution in [2.24, 2.45) is 4.99 Å². The zero-order valence-electron chi connectivity index (χ0n) is 17.1. The van der Waals surface area contributed by atoms with E-state index >= 15 is 0 Å². The molecule has 0 saturated carbocycles. The second-order valence-corrected chi connectivity index (χ2v) is 7.14. The topological polar surface area (TPSA) is 59.9 Å². The number of aliphatic imine (C=N–C) groups is 1. The summed E-state index contributed by atoms with van der Waals surface area (Å²) < 4.78 is 28.4. The third-order valence-electron chi connectivity index (χ3n) is 4.99. The van der Waals surface area contributed by atoms with Crippen LogP contribution in [0.4, 0.5) is 14.5 Å². The second-order valence-electron chi connectivity index (χ2n) is 7.14. The van der Waals surface area contributed by atoms with E-state index in [1.807, 2.05) is 17.9 Å². The first kappa shape index (κ1) is 24.3. The first-order chi connectivity index (χ1) is 14.1. The van der Waals surface area contributed by atoms with Crippen molar-refractivity contribution in [1.29, 1.82) is 0 Å². The largest absolute Gasteiger partial charge is 0.393 e. The minimum atomic E-state index is -0.288. The van der Waals surface area contributed by atoms with Gasteiger partial charge in [0.05, 0.1) is 18.3 Å². The summed E-state index contributed by atoms with van der Waals surface area (Å²) >= 11 is 0. The van der Waals surface area contributed by atoms with Gasteiger partial charge in [0.25, 0.3) is 0 Å². The van der Waals surface area contributed by atoms with Gasteiger partial charge in [-0.15, -0.1) is 24.0 Å². The average molecular weight is 530 g/mol. The summed E-state index contributed by atoms with van der Waals surface area (Å²) in [4.78, 5) is 6.45. The molecule has 5 nitrogen and oxygen atoms in total. The number of hydrogen-bond acceptors (Lipinski definition) is 3. The molecule has 8 heteroatoms. The van der Waals surface area contributed by atoms with Crippen molar-refractivity contribution < 1.29 is 13.9 Å². The monoisotopic (exact) mass is 530 g/mol. The van der Waals surface area contributed by atoms with Crippen molar-refractivity contribution in [3.63, 3.8) is 0 Å². The van der Waals surface area contributed by atoms with Gasteiger partial charge in [-0.25, -0.2) is 13.8 Å². The molecule has 1 heterocycles. The molecule has 1 aliphatic heterocycles. The molecule has 0 unspecified atom stereocenters. The highest BCUT2D eigenvalue weighted by Gasteiger charge is 2.19. The van der Waals surface area contributed by atoms with E-state index in [4.69, 9.17) is 0 Å². The Balaban J connectivity index is 0.00000320. The van der Waals surface area contributed by atoms with Crippen molar-refractivity contribution in [2.45, 2.75) is 39.0 Å². The number of hydrogen-bond donors (Lipinski definition) is 3.